The molecular formula is C15H13NO2S2. The van der Waals surface area contributed by atoms with Crippen molar-refractivity contribution in [3.8, 4) is 0 Å². The lowest BCUT2D eigenvalue weighted by Crippen LogP contribution is -2.28. The van der Waals surface area contributed by atoms with E-state index in [1.54, 1.807) is 17.6 Å². The molecule has 3 rings (SSSR count). The molecule has 3 aromatic heterocycles. The molecule has 0 bridgehead atoms. The van der Waals surface area contributed by atoms with E-state index < -0.39 is 0 Å². The van der Waals surface area contributed by atoms with Gasteiger partial charge in [-0.1, -0.05) is 6.07 Å². The van der Waals surface area contributed by atoms with Crippen molar-refractivity contribution in [1.82, 2.24) is 5.32 Å². The highest BCUT2D eigenvalue weighted by atomic mass is 32.1. The molecule has 0 aliphatic rings. The number of thiophene rings is 2. The molecule has 0 aliphatic heterocycles. The van der Waals surface area contributed by atoms with Gasteiger partial charge in [0.15, 0.2) is 0 Å². The number of amides is 1. The second kappa shape index (κ2) is 6.07. The Morgan fingerprint density at radius 1 is 1.25 bits per heavy atom. The Hall–Kier alpha value is -1.85. The van der Waals surface area contributed by atoms with Crippen molar-refractivity contribution in [2.45, 2.75) is 5.92 Å². The van der Waals surface area contributed by atoms with Crippen LogP contribution in [0, 0.1) is 0 Å². The molecule has 0 radical (unpaired) electrons. The molecule has 0 saturated carbocycles. The van der Waals surface area contributed by atoms with Gasteiger partial charge in [-0.15, -0.1) is 11.3 Å². The summed E-state index contributed by atoms with van der Waals surface area (Å²) in [4.78, 5) is 12.8. The molecule has 3 nitrogen and oxygen atoms in total. The maximum Gasteiger partial charge on any atom is 0.261 e. The first-order chi connectivity index (χ1) is 9.84. The monoisotopic (exact) mass is 303 g/mol. The largest absolute Gasteiger partial charge is 0.469 e. The van der Waals surface area contributed by atoms with E-state index in [-0.39, 0.29) is 11.8 Å². The van der Waals surface area contributed by atoms with Crippen molar-refractivity contribution in [3.05, 3.63) is 68.9 Å². The molecule has 0 fully saturated rings. The molecule has 1 amide bonds. The smallest absolute Gasteiger partial charge is 0.261 e. The minimum Gasteiger partial charge on any atom is -0.469 e. The highest BCUT2D eigenvalue weighted by Crippen LogP contribution is 2.26. The Bertz CT molecular complexity index is 608. The second-order valence-corrected chi connectivity index (χ2v) is 6.04. The summed E-state index contributed by atoms with van der Waals surface area (Å²) in [7, 11) is 0. The molecule has 3 heterocycles. The SMILES string of the molecule is O=C(NCC(c1ccsc1)c1ccco1)c1cccs1. The lowest BCUT2D eigenvalue weighted by atomic mass is 9.99. The summed E-state index contributed by atoms with van der Waals surface area (Å²) in [6, 6.07) is 9.58. The predicted octanol–water partition coefficient (Wildman–Crippen LogP) is 3.96. The zero-order valence-electron chi connectivity index (χ0n) is 10.6. The van der Waals surface area contributed by atoms with Crippen LogP contribution in [0.4, 0.5) is 0 Å². The molecule has 1 unspecified atom stereocenters. The maximum absolute atomic E-state index is 12.0. The number of hydrogen-bond donors (Lipinski definition) is 1. The van der Waals surface area contributed by atoms with Gasteiger partial charge in [0.25, 0.3) is 5.91 Å². The van der Waals surface area contributed by atoms with Gasteiger partial charge in [-0.3, -0.25) is 4.79 Å². The minimum atomic E-state index is -0.0354. The maximum atomic E-state index is 12.0. The van der Waals surface area contributed by atoms with E-state index in [1.165, 1.54) is 11.3 Å². The molecule has 20 heavy (non-hydrogen) atoms. The summed E-state index contributed by atoms with van der Waals surface area (Å²) in [6.45, 7) is 0.529. The molecule has 1 N–H and O–H groups in total. The number of carbonyl (C=O) groups excluding carboxylic acids is 1. The molecule has 102 valence electrons. The van der Waals surface area contributed by atoms with Crippen molar-refractivity contribution in [3.63, 3.8) is 0 Å². The van der Waals surface area contributed by atoms with Crippen LogP contribution in [-0.2, 0) is 0 Å². The van der Waals surface area contributed by atoms with Gasteiger partial charge in [-0.05, 0) is 46.0 Å². The zero-order chi connectivity index (χ0) is 13.8. The topological polar surface area (TPSA) is 42.2 Å². The Morgan fingerprint density at radius 3 is 2.85 bits per heavy atom. The molecule has 1 atom stereocenters. The van der Waals surface area contributed by atoms with Gasteiger partial charge in [0.05, 0.1) is 17.1 Å². The fraction of sp³-hybridized carbons (Fsp3) is 0.133. The normalized spacial score (nSPS) is 12.2. The van der Waals surface area contributed by atoms with Gasteiger partial charge in [-0.25, -0.2) is 0 Å². The van der Waals surface area contributed by atoms with Crippen LogP contribution in [0.1, 0.15) is 26.9 Å². The Labute approximate surface area is 124 Å². The van der Waals surface area contributed by atoms with Crippen LogP contribution >= 0.6 is 22.7 Å². The van der Waals surface area contributed by atoms with Gasteiger partial charge >= 0.3 is 0 Å². The van der Waals surface area contributed by atoms with E-state index in [4.69, 9.17) is 4.42 Å². The number of carbonyl (C=O) groups is 1. The molecular weight excluding hydrogens is 290 g/mol. The van der Waals surface area contributed by atoms with Crippen LogP contribution in [0.5, 0.6) is 0 Å². The van der Waals surface area contributed by atoms with E-state index in [0.29, 0.717) is 6.54 Å². The van der Waals surface area contributed by atoms with Crippen LogP contribution in [0.2, 0.25) is 0 Å². The first-order valence-electron chi connectivity index (χ1n) is 6.22. The Morgan fingerprint density at radius 2 is 2.20 bits per heavy atom. The van der Waals surface area contributed by atoms with Crippen molar-refractivity contribution in [2.75, 3.05) is 6.54 Å². The number of furan rings is 1. The van der Waals surface area contributed by atoms with Gasteiger partial charge < -0.3 is 9.73 Å². The van der Waals surface area contributed by atoms with E-state index >= 15 is 0 Å². The van der Waals surface area contributed by atoms with E-state index in [1.807, 2.05) is 35.0 Å². The van der Waals surface area contributed by atoms with Crippen LogP contribution in [0.15, 0.2) is 57.2 Å². The standard InChI is InChI=1S/C15H13NO2S2/c17-15(14-4-2-7-20-14)16-9-12(11-5-8-19-10-11)13-3-1-6-18-13/h1-8,10,12H,9H2,(H,16,17). The third-order valence-electron chi connectivity index (χ3n) is 3.04. The highest BCUT2D eigenvalue weighted by Gasteiger charge is 2.19. The summed E-state index contributed by atoms with van der Waals surface area (Å²) in [5, 5.41) is 9.00. The van der Waals surface area contributed by atoms with Crippen molar-refractivity contribution < 1.29 is 9.21 Å². The summed E-state index contributed by atoms with van der Waals surface area (Å²) < 4.78 is 5.50. The highest BCUT2D eigenvalue weighted by molar-refractivity contribution is 7.12. The van der Waals surface area contributed by atoms with Crippen LogP contribution in [-0.4, -0.2) is 12.5 Å². The summed E-state index contributed by atoms with van der Waals surface area (Å²) in [6.07, 6.45) is 1.66. The van der Waals surface area contributed by atoms with Crippen LogP contribution in [0.3, 0.4) is 0 Å². The van der Waals surface area contributed by atoms with Crippen molar-refractivity contribution >= 4 is 28.6 Å². The van der Waals surface area contributed by atoms with Gasteiger partial charge in [-0.2, -0.15) is 11.3 Å². The molecule has 0 aromatic carbocycles. The van der Waals surface area contributed by atoms with E-state index in [0.717, 1.165) is 16.2 Å². The van der Waals surface area contributed by atoms with E-state index in [9.17, 15) is 4.79 Å². The van der Waals surface area contributed by atoms with Crippen LogP contribution < -0.4 is 5.32 Å². The number of hydrogen-bond acceptors (Lipinski definition) is 4. The number of rotatable bonds is 5. The molecule has 3 aromatic rings. The quantitative estimate of drug-likeness (QED) is 0.775. The second-order valence-electron chi connectivity index (χ2n) is 4.31. The summed E-state index contributed by atoms with van der Waals surface area (Å²) in [5.41, 5.74) is 1.16. The average Bonchev–Trinajstić information content (AvgIpc) is 3.22. The fourth-order valence-corrected chi connectivity index (χ4v) is 3.39. The minimum absolute atomic E-state index is 0.0354. The molecule has 5 heteroatoms. The van der Waals surface area contributed by atoms with Gasteiger partial charge in [0.1, 0.15) is 5.76 Å². The third-order valence-corrected chi connectivity index (χ3v) is 4.61. The fourth-order valence-electron chi connectivity index (χ4n) is 2.04. The van der Waals surface area contributed by atoms with Gasteiger partial charge in [0, 0.05) is 6.54 Å². The lowest BCUT2D eigenvalue weighted by molar-refractivity contribution is 0.0956. The molecule has 0 spiro atoms. The lowest BCUT2D eigenvalue weighted by Gasteiger charge is -2.14. The Kier molecular flexibility index (Phi) is 3.99. The first kappa shape index (κ1) is 13.1. The molecule has 0 aliphatic carbocycles. The average molecular weight is 303 g/mol. The third kappa shape index (κ3) is 2.84. The van der Waals surface area contributed by atoms with E-state index in [2.05, 4.69) is 16.8 Å². The van der Waals surface area contributed by atoms with Crippen molar-refractivity contribution in [1.29, 1.82) is 0 Å². The van der Waals surface area contributed by atoms with Gasteiger partial charge in [0.2, 0.25) is 0 Å². The first-order valence-corrected chi connectivity index (χ1v) is 8.04. The van der Waals surface area contributed by atoms with Crippen molar-refractivity contribution in [2.24, 2.45) is 0 Å². The predicted molar refractivity (Wildman–Crippen MR) is 81.5 cm³/mol. The van der Waals surface area contributed by atoms with Crippen LogP contribution in [0.25, 0.3) is 0 Å². The molecule has 0 saturated heterocycles. The summed E-state index contributed by atoms with van der Waals surface area (Å²) in [5.74, 6) is 0.891. The Balaban J connectivity index is 1.73. The number of nitrogens with one attached hydrogen (secondary N) is 1. The summed E-state index contributed by atoms with van der Waals surface area (Å²) >= 11 is 3.09. The zero-order valence-corrected chi connectivity index (χ0v) is 12.2.